The smallest absolute Gasteiger partial charge is 0.323 e. The predicted molar refractivity (Wildman–Crippen MR) is 184 cm³/mol. The van der Waals surface area contributed by atoms with Crippen molar-refractivity contribution in [1.82, 2.24) is 15.0 Å². The van der Waals surface area contributed by atoms with Crippen LogP contribution in [0.1, 0.15) is 61.8 Å². The van der Waals surface area contributed by atoms with Crippen molar-refractivity contribution in [3.63, 3.8) is 0 Å². The molecule has 5 amide bonds. The van der Waals surface area contributed by atoms with E-state index in [-0.39, 0.29) is 42.7 Å². The van der Waals surface area contributed by atoms with Crippen LogP contribution >= 0.6 is 0 Å². The van der Waals surface area contributed by atoms with Gasteiger partial charge in [-0.05, 0) is 77.3 Å². The molecule has 3 aromatic rings. The van der Waals surface area contributed by atoms with E-state index >= 15 is 0 Å². The summed E-state index contributed by atoms with van der Waals surface area (Å²) in [4.78, 5) is 43.5. The summed E-state index contributed by atoms with van der Waals surface area (Å²) in [6.45, 7) is 9.85. The molecule has 2 aromatic carbocycles. The summed E-state index contributed by atoms with van der Waals surface area (Å²) in [7, 11) is 1.71. The third-order valence-electron chi connectivity index (χ3n) is 8.41. The Morgan fingerprint density at radius 3 is 2.50 bits per heavy atom. The molecule has 0 aliphatic carbocycles. The molecular weight excluding hydrogens is 616 g/mol. The van der Waals surface area contributed by atoms with Crippen molar-refractivity contribution in [1.29, 1.82) is 0 Å². The molecule has 4 N–H and O–H groups in total. The lowest BCUT2D eigenvalue weighted by Gasteiger charge is -2.35. The van der Waals surface area contributed by atoms with E-state index in [9.17, 15) is 19.5 Å². The van der Waals surface area contributed by atoms with Crippen LogP contribution in [-0.2, 0) is 4.74 Å². The first-order chi connectivity index (χ1) is 23.0. The molecule has 48 heavy (non-hydrogen) atoms. The molecule has 0 saturated carbocycles. The fourth-order valence-electron chi connectivity index (χ4n) is 5.49. The van der Waals surface area contributed by atoms with Gasteiger partial charge in [-0.2, -0.15) is 0 Å². The summed E-state index contributed by atoms with van der Waals surface area (Å²) in [6, 6.07) is 12.8. The summed E-state index contributed by atoms with van der Waals surface area (Å²) in [5.41, 5.74) is 2.32. The molecule has 0 bridgehead atoms. The second kappa shape index (κ2) is 17.0. The number of hydrogen-bond acceptors (Lipinski definition) is 8. The fraction of sp³-hybridized carbons (Fsp3) is 0.486. The highest BCUT2D eigenvalue weighted by molar-refractivity contribution is 6.03. The minimum absolute atomic E-state index is 0.201. The number of carbonyl (C=O) groups is 3. The van der Waals surface area contributed by atoms with Crippen molar-refractivity contribution >= 4 is 35.0 Å². The van der Waals surface area contributed by atoms with Crippen molar-refractivity contribution in [3.8, 4) is 5.75 Å². The van der Waals surface area contributed by atoms with E-state index in [2.05, 4.69) is 21.1 Å². The van der Waals surface area contributed by atoms with Crippen LogP contribution in [0.25, 0.3) is 0 Å². The lowest BCUT2D eigenvalue weighted by atomic mass is 10.0. The summed E-state index contributed by atoms with van der Waals surface area (Å²) in [5.74, 6) is 0.265. The Balaban J connectivity index is 1.59. The van der Waals surface area contributed by atoms with Crippen LogP contribution in [0.5, 0.6) is 5.75 Å². The maximum atomic E-state index is 14.4. The number of hydrogen-bond donors (Lipinski definition) is 4. The standard InChI is InChI=1S/C35H48N6O7/c1-22-19-41(23(2)21-42)33(43)29-18-28(36-34(44)38-32-25(4)39-48-26(32)5)15-16-30(29)47-24(3)12-10-11-17-46-31(22)20-40(6)35(45)37-27-13-8-7-9-14-27/h7-9,13-16,18,22-24,31,42H,10-12,17,19-21H2,1-6H3,(H,37,45)(H2,36,38,44)/t22-,23+,24-,31-/m0/s1. The van der Waals surface area contributed by atoms with Gasteiger partial charge in [0.2, 0.25) is 0 Å². The third kappa shape index (κ3) is 9.71. The number of nitrogens with one attached hydrogen (secondary N) is 3. The number of aryl methyl sites for hydroxylation is 2. The number of amides is 5. The zero-order valence-electron chi connectivity index (χ0n) is 28.6. The first kappa shape index (κ1) is 36.2. The monoisotopic (exact) mass is 664 g/mol. The van der Waals surface area contributed by atoms with Gasteiger partial charge in [-0.3, -0.25) is 4.79 Å². The van der Waals surface area contributed by atoms with Crippen molar-refractivity contribution < 1.29 is 33.5 Å². The molecule has 13 heteroatoms. The Hall–Kier alpha value is -4.62. The quantitative estimate of drug-likeness (QED) is 0.243. The Labute approximate surface area is 281 Å². The van der Waals surface area contributed by atoms with Gasteiger partial charge >= 0.3 is 12.1 Å². The van der Waals surface area contributed by atoms with Gasteiger partial charge in [0.25, 0.3) is 5.91 Å². The maximum absolute atomic E-state index is 14.4. The molecule has 0 radical (unpaired) electrons. The molecule has 1 aliphatic heterocycles. The molecule has 1 aromatic heterocycles. The van der Waals surface area contributed by atoms with E-state index in [0.717, 1.165) is 19.3 Å². The second-order valence-corrected chi connectivity index (χ2v) is 12.5. The van der Waals surface area contributed by atoms with E-state index < -0.39 is 18.2 Å². The molecule has 0 unspecified atom stereocenters. The number of aromatic nitrogens is 1. The molecule has 2 heterocycles. The van der Waals surface area contributed by atoms with E-state index in [1.165, 1.54) is 0 Å². The lowest BCUT2D eigenvalue weighted by molar-refractivity contribution is -0.0115. The topological polar surface area (TPSA) is 158 Å². The summed E-state index contributed by atoms with van der Waals surface area (Å²) in [5, 5.41) is 22.5. The molecule has 4 rings (SSSR count). The molecule has 4 atom stereocenters. The summed E-state index contributed by atoms with van der Waals surface area (Å²) >= 11 is 0. The number of urea groups is 2. The number of ether oxygens (including phenoxy) is 2. The SMILES string of the molecule is Cc1noc(C)c1NC(=O)Nc1ccc2c(c1)C(=O)N([C@H](C)CO)C[C@H](C)[C@H](CN(C)C(=O)Nc1ccccc1)OCCCC[C@H](C)O2. The lowest BCUT2D eigenvalue weighted by Crippen LogP contribution is -2.48. The Bertz CT molecular complexity index is 1510. The van der Waals surface area contributed by atoms with Gasteiger partial charge in [0.05, 0.1) is 30.4 Å². The minimum atomic E-state index is -0.544. The Kier molecular flexibility index (Phi) is 12.8. The van der Waals surface area contributed by atoms with Crippen LogP contribution in [-0.4, -0.2) is 89.6 Å². The van der Waals surface area contributed by atoms with E-state index in [4.69, 9.17) is 14.0 Å². The number of fused-ring (bicyclic) bond motifs is 1. The summed E-state index contributed by atoms with van der Waals surface area (Å²) in [6.07, 6.45) is 1.77. The molecular formula is C35H48N6O7. The highest BCUT2D eigenvalue weighted by atomic mass is 16.5. The summed E-state index contributed by atoms with van der Waals surface area (Å²) < 4.78 is 17.8. The first-order valence-corrected chi connectivity index (χ1v) is 16.4. The number of aliphatic hydroxyl groups excluding tert-OH is 1. The largest absolute Gasteiger partial charge is 0.490 e. The molecule has 1 aliphatic rings. The molecule has 260 valence electrons. The Morgan fingerprint density at radius 2 is 1.81 bits per heavy atom. The molecule has 0 spiro atoms. The van der Waals surface area contributed by atoms with Crippen LogP contribution in [0.3, 0.4) is 0 Å². The van der Waals surface area contributed by atoms with Crippen molar-refractivity contribution in [2.24, 2.45) is 5.92 Å². The second-order valence-electron chi connectivity index (χ2n) is 12.5. The highest BCUT2D eigenvalue weighted by Crippen LogP contribution is 2.29. The third-order valence-corrected chi connectivity index (χ3v) is 8.41. The number of anilines is 3. The van der Waals surface area contributed by atoms with Crippen LogP contribution in [0, 0.1) is 19.8 Å². The van der Waals surface area contributed by atoms with Crippen LogP contribution in [0.4, 0.5) is 26.7 Å². The van der Waals surface area contributed by atoms with Crippen LogP contribution in [0.2, 0.25) is 0 Å². The fourth-order valence-corrected chi connectivity index (χ4v) is 5.49. The van der Waals surface area contributed by atoms with Gasteiger partial charge < -0.3 is 44.9 Å². The normalized spacial score (nSPS) is 19.7. The predicted octanol–water partition coefficient (Wildman–Crippen LogP) is 5.89. The van der Waals surface area contributed by atoms with Gasteiger partial charge in [0.1, 0.15) is 17.1 Å². The van der Waals surface area contributed by atoms with E-state index in [0.29, 0.717) is 47.4 Å². The van der Waals surface area contributed by atoms with E-state index in [1.54, 1.807) is 55.8 Å². The average Bonchev–Trinajstić information content (AvgIpc) is 3.38. The van der Waals surface area contributed by atoms with Crippen LogP contribution in [0.15, 0.2) is 53.1 Å². The number of para-hydroxylation sites is 1. The number of nitrogens with zero attached hydrogens (tertiary/aromatic N) is 3. The van der Waals surface area contributed by atoms with E-state index in [1.807, 2.05) is 44.2 Å². The van der Waals surface area contributed by atoms with Gasteiger partial charge in [-0.25, -0.2) is 9.59 Å². The zero-order valence-corrected chi connectivity index (χ0v) is 28.6. The van der Waals surface area contributed by atoms with Crippen molar-refractivity contribution in [2.75, 3.05) is 49.3 Å². The van der Waals surface area contributed by atoms with Crippen molar-refractivity contribution in [3.05, 3.63) is 65.5 Å². The number of carbonyl (C=O) groups excluding carboxylic acids is 3. The van der Waals surface area contributed by atoms with Gasteiger partial charge in [0.15, 0.2) is 5.76 Å². The number of rotatable bonds is 7. The van der Waals surface area contributed by atoms with Crippen molar-refractivity contribution in [2.45, 2.75) is 72.1 Å². The van der Waals surface area contributed by atoms with Gasteiger partial charge in [-0.1, -0.05) is 30.3 Å². The first-order valence-electron chi connectivity index (χ1n) is 16.4. The molecule has 13 nitrogen and oxygen atoms in total. The zero-order chi connectivity index (χ0) is 34.8. The van der Waals surface area contributed by atoms with Gasteiger partial charge in [-0.15, -0.1) is 0 Å². The molecule has 0 fully saturated rings. The maximum Gasteiger partial charge on any atom is 0.323 e. The molecule has 0 saturated heterocycles. The number of likely N-dealkylation sites (N-methyl/N-ethyl adjacent to an activating group) is 1. The van der Waals surface area contributed by atoms with Gasteiger partial charge in [0, 0.05) is 44.0 Å². The average molecular weight is 665 g/mol. The number of benzene rings is 2. The Morgan fingerprint density at radius 1 is 1.06 bits per heavy atom. The minimum Gasteiger partial charge on any atom is -0.490 e. The number of aliphatic hydroxyl groups is 1. The highest BCUT2D eigenvalue weighted by Gasteiger charge is 2.31. The van der Waals surface area contributed by atoms with Crippen LogP contribution < -0.4 is 20.7 Å².